The van der Waals surface area contributed by atoms with E-state index in [-0.39, 0.29) is 17.5 Å². The summed E-state index contributed by atoms with van der Waals surface area (Å²) in [5, 5.41) is 2.93. The van der Waals surface area contributed by atoms with E-state index >= 15 is 0 Å². The van der Waals surface area contributed by atoms with Crippen molar-refractivity contribution in [3.8, 4) is 0 Å². The van der Waals surface area contributed by atoms with Gasteiger partial charge in [0, 0.05) is 24.3 Å². The maximum Gasteiger partial charge on any atom is 0.318 e. The van der Waals surface area contributed by atoms with Crippen LogP contribution in [0, 0.1) is 13.8 Å². The van der Waals surface area contributed by atoms with Crippen LogP contribution in [-0.4, -0.2) is 41.5 Å². The molecule has 0 spiro atoms. The molecule has 0 saturated carbocycles. The van der Waals surface area contributed by atoms with Crippen molar-refractivity contribution < 1.29 is 9.59 Å². The van der Waals surface area contributed by atoms with Crippen molar-refractivity contribution in [2.45, 2.75) is 53.1 Å². The topological polar surface area (TPSA) is 52.6 Å². The highest BCUT2D eigenvalue weighted by Crippen LogP contribution is 2.25. The van der Waals surface area contributed by atoms with Crippen LogP contribution in [0.1, 0.15) is 38.8 Å². The van der Waals surface area contributed by atoms with Gasteiger partial charge in [-0.3, -0.25) is 4.79 Å². The van der Waals surface area contributed by atoms with Crippen LogP contribution in [0.4, 0.5) is 10.5 Å². The van der Waals surface area contributed by atoms with Gasteiger partial charge in [-0.1, -0.05) is 12.1 Å². The number of anilines is 1. The quantitative estimate of drug-likeness (QED) is 0.866. The first-order valence-electron chi connectivity index (χ1n) is 8.07. The molecule has 0 bridgehead atoms. The summed E-state index contributed by atoms with van der Waals surface area (Å²) in [6.07, 6.45) is 0. The van der Waals surface area contributed by atoms with Crippen molar-refractivity contribution in [2.75, 3.05) is 18.0 Å². The van der Waals surface area contributed by atoms with Crippen LogP contribution in [0.3, 0.4) is 0 Å². The summed E-state index contributed by atoms with van der Waals surface area (Å²) >= 11 is 0. The first-order chi connectivity index (χ1) is 10.6. The standard InChI is InChI=1S/C18H27N3O2/c1-12-7-8-13(2)15(11-12)21-10-9-20(14(3)16(21)22)17(23)19-18(4,5)6/h7-8,11,14H,9-10H2,1-6H3,(H,19,23)/t14-/m1/s1. The van der Waals surface area contributed by atoms with E-state index in [1.54, 1.807) is 16.7 Å². The molecule has 0 unspecified atom stereocenters. The number of nitrogens with zero attached hydrogens (tertiary/aromatic N) is 2. The van der Waals surface area contributed by atoms with Gasteiger partial charge in [-0.2, -0.15) is 0 Å². The molecular formula is C18H27N3O2. The zero-order valence-corrected chi connectivity index (χ0v) is 14.9. The highest BCUT2D eigenvalue weighted by atomic mass is 16.2. The SMILES string of the molecule is Cc1ccc(C)c(N2CCN(C(=O)NC(C)(C)C)[C@H](C)C2=O)c1. The summed E-state index contributed by atoms with van der Waals surface area (Å²) in [4.78, 5) is 28.6. The Balaban J connectivity index is 2.18. The summed E-state index contributed by atoms with van der Waals surface area (Å²) < 4.78 is 0. The van der Waals surface area contributed by atoms with Crippen LogP contribution in [0.5, 0.6) is 0 Å². The molecule has 1 N–H and O–H groups in total. The minimum absolute atomic E-state index is 0.0333. The fourth-order valence-corrected chi connectivity index (χ4v) is 2.79. The summed E-state index contributed by atoms with van der Waals surface area (Å²) in [5.74, 6) is -0.0333. The molecule has 1 aliphatic heterocycles. The van der Waals surface area contributed by atoms with E-state index in [0.29, 0.717) is 13.1 Å². The normalized spacial score (nSPS) is 19.0. The number of rotatable bonds is 1. The molecule has 0 radical (unpaired) electrons. The third-order valence-electron chi connectivity index (χ3n) is 4.05. The van der Waals surface area contributed by atoms with Gasteiger partial charge in [0.25, 0.3) is 0 Å². The Hall–Kier alpha value is -2.04. The largest absolute Gasteiger partial charge is 0.333 e. The van der Waals surface area contributed by atoms with Crippen molar-refractivity contribution in [3.05, 3.63) is 29.3 Å². The summed E-state index contributed by atoms with van der Waals surface area (Å²) in [6.45, 7) is 12.7. The Labute approximate surface area is 138 Å². The fraction of sp³-hybridized carbons (Fsp3) is 0.556. The number of hydrogen-bond donors (Lipinski definition) is 1. The average Bonchev–Trinajstić information content (AvgIpc) is 2.42. The Morgan fingerprint density at radius 1 is 1.22 bits per heavy atom. The second-order valence-electron chi connectivity index (χ2n) is 7.33. The highest BCUT2D eigenvalue weighted by Gasteiger charge is 2.36. The van der Waals surface area contributed by atoms with E-state index in [2.05, 4.69) is 5.32 Å². The van der Waals surface area contributed by atoms with Gasteiger partial charge in [-0.05, 0) is 58.7 Å². The number of aryl methyl sites for hydroxylation is 2. The van der Waals surface area contributed by atoms with E-state index in [4.69, 9.17) is 0 Å². The van der Waals surface area contributed by atoms with E-state index in [0.717, 1.165) is 16.8 Å². The second-order valence-corrected chi connectivity index (χ2v) is 7.33. The first-order valence-corrected chi connectivity index (χ1v) is 8.07. The van der Waals surface area contributed by atoms with Gasteiger partial charge in [-0.25, -0.2) is 4.79 Å². The Morgan fingerprint density at radius 2 is 1.87 bits per heavy atom. The third kappa shape index (κ3) is 3.84. The van der Waals surface area contributed by atoms with E-state index in [1.807, 2.05) is 52.8 Å². The van der Waals surface area contributed by atoms with Crippen molar-refractivity contribution >= 4 is 17.6 Å². The van der Waals surface area contributed by atoms with E-state index in [1.165, 1.54) is 0 Å². The van der Waals surface area contributed by atoms with E-state index in [9.17, 15) is 9.59 Å². The molecule has 2 rings (SSSR count). The van der Waals surface area contributed by atoms with Crippen LogP contribution in [0.25, 0.3) is 0 Å². The van der Waals surface area contributed by atoms with Crippen LogP contribution in [0.15, 0.2) is 18.2 Å². The van der Waals surface area contributed by atoms with Crippen LogP contribution >= 0.6 is 0 Å². The van der Waals surface area contributed by atoms with Crippen molar-refractivity contribution in [2.24, 2.45) is 0 Å². The lowest BCUT2D eigenvalue weighted by molar-refractivity contribution is -0.124. The van der Waals surface area contributed by atoms with Gasteiger partial charge in [0.2, 0.25) is 5.91 Å². The molecule has 1 aliphatic rings. The molecule has 3 amide bonds. The Bertz CT molecular complexity index is 619. The van der Waals surface area contributed by atoms with Gasteiger partial charge in [-0.15, -0.1) is 0 Å². The molecule has 5 heteroatoms. The molecule has 0 aliphatic carbocycles. The van der Waals surface area contributed by atoms with Gasteiger partial charge in [0.1, 0.15) is 6.04 Å². The molecule has 1 saturated heterocycles. The number of hydrogen-bond acceptors (Lipinski definition) is 2. The Morgan fingerprint density at radius 3 is 2.48 bits per heavy atom. The molecule has 1 aromatic rings. The molecule has 5 nitrogen and oxygen atoms in total. The van der Waals surface area contributed by atoms with Gasteiger partial charge in [0.15, 0.2) is 0 Å². The number of carbonyl (C=O) groups is 2. The minimum atomic E-state index is -0.467. The maximum atomic E-state index is 12.8. The molecule has 126 valence electrons. The smallest absolute Gasteiger partial charge is 0.318 e. The maximum absolute atomic E-state index is 12.8. The van der Waals surface area contributed by atoms with Gasteiger partial charge < -0.3 is 15.1 Å². The molecule has 1 heterocycles. The predicted molar refractivity (Wildman–Crippen MR) is 92.7 cm³/mol. The summed E-state index contributed by atoms with van der Waals surface area (Å²) in [7, 11) is 0. The lowest BCUT2D eigenvalue weighted by Gasteiger charge is -2.40. The summed E-state index contributed by atoms with van der Waals surface area (Å²) in [6, 6.07) is 5.45. The number of amides is 3. The van der Waals surface area contributed by atoms with Crippen LogP contribution < -0.4 is 10.2 Å². The second kappa shape index (κ2) is 6.22. The molecule has 1 aromatic carbocycles. The number of nitrogens with one attached hydrogen (secondary N) is 1. The minimum Gasteiger partial charge on any atom is -0.333 e. The molecular weight excluding hydrogens is 290 g/mol. The van der Waals surface area contributed by atoms with Gasteiger partial charge >= 0.3 is 6.03 Å². The summed E-state index contributed by atoms with van der Waals surface area (Å²) in [5.41, 5.74) is 2.82. The third-order valence-corrected chi connectivity index (χ3v) is 4.05. The Kier molecular flexibility index (Phi) is 4.68. The number of carbonyl (C=O) groups excluding carboxylic acids is 2. The molecule has 1 atom stereocenters. The zero-order valence-electron chi connectivity index (χ0n) is 14.9. The van der Waals surface area contributed by atoms with Crippen LogP contribution in [0.2, 0.25) is 0 Å². The van der Waals surface area contributed by atoms with E-state index < -0.39 is 6.04 Å². The van der Waals surface area contributed by atoms with Gasteiger partial charge in [0.05, 0.1) is 0 Å². The van der Waals surface area contributed by atoms with Crippen molar-refractivity contribution in [1.29, 1.82) is 0 Å². The van der Waals surface area contributed by atoms with Crippen molar-refractivity contribution in [3.63, 3.8) is 0 Å². The fourth-order valence-electron chi connectivity index (χ4n) is 2.79. The lowest BCUT2D eigenvalue weighted by atomic mass is 10.1. The molecule has 1 fully saturated rings. The average molecular weight is 317 g/mol. The number of piperazine rings is 1. The number of urea groups is 1. The first kappa shape index (κ1) is 17.3. The zero-order chi connectivity index (χ0) is 17.4. The van der Waals surface area contributed by atoms with Crippen LogP contribution in [-0.2, 0) is 4.79 Å². The highest BCUT2D eigenvalue weighted by molar-refractivity contribution is 6.00. The van der Waals surface area contributed by atoms with Crippen molar-refractivity contribution in [1.82, 2.24) is 10.2 Å². The number of benzene rings is 1. The predicted octanol–water partition coefficient (Wildman–Crippen LogP) is 2.85. The lowest BCUT2D eigenvalue weighted by Crippen LogP contribution is -2.61. The monoisotopic (exact) mass is 317 g/mol. The molecule has 23 heavy (non-hydrogen) atoms. The molecule has 0 aromatic heterocycles.